The summed E-state index contributed by atoms with van der Waals surface area (Å²) in [5.74, 6) is 0.173. The summed E-state index contributed by atoms with van der Waals surface area (Å²) in [6.07, 6.45) is 0. The van der Waals surface area contributed by atoms with E-state index >= 15 is 0 Å². The van der Waals surface area contributed by atoms with E-state index in [0.717, 1.165) is 10.8 Å². The Morgan fingerprint density at radius 1 is 1.28 bits per heavy atom. The van der Waals surface area contributed by atoms with Gasteiger partial charge in [0.2, 0.25) is 0 Å². The first-order valence-corrected chi connectivity index (χ1v) is 5.84. The molecule has 1 aromatic heterocycles. The Kier molecular flexibility index (Phi) is 2.95. The Morgan fingerprint density at radius 2 is 1.94 bits per heavy atom. The molecule has 0 fully saturated rings. The summed E-state index contributed by atoms with van der Waals surface area (Å²) in [4.78, 5) is 16.2. The molecule has 3 N–H and O–H groups in total. The van der Waals surface area contributed by atoms with Crippen LogP contribution in [0.2, 0.25) is 0 Å². The second-order valence-electron chi connectivity index (χ2n) is 5.32. The summed E-state index contributed by atoms with van der Waals surface area (Å²) in [7, 11) is 0. The Hall–Kier alpha value is -2.10. The molecule has 0 radical (unpaired) electrons. The standard InChI is InChI=1S/C14H17N3O/c1-14(2,3)17-13(18)11-8-9-6-4-5-7-10(9)12(15)16-11/h4-8H,1-3H3,(H2,15,16)(H,17,18). The fourth-order valence-corrected chi connectivity index (χ4v) is 1.75. The van der Waals surface area contributed by atoms with E-state index in [0.29, 0.717) is 11.5 Å². The van der Waals surface area contributed by atoms with Crippen molar-refractivity contribution >= 4 is 22.5 Å². The molecule has 0 unspecified atom stereocenters. The molecule has 1 aromatic carbocycles. The smallest absolute Gasteiger partial charge is 0.270 e. The van der Waals surface area contributed by atoms with Crippen LogP contribution in [0.5, 0.6) is 0 Å². The number of anilines is 1. The first kappa shape index (κ1) is 12.4. The Balaban J connectivity index is 2.44. The Bertz CT molecular complexity index is 600. The number of rotatable bonds is 1. The van der Waals surface area contributed by atoms with Crippen molar-refractivity contribution in [2.24, 2.45) is 0 Å². The Labute approximate surface area is 106 Å². The molecule has 2 aromatic rings. The zero-order valence-electron chi connectivity index (χ0n) is 10.8. The van der Waals surface area contributed by atoms with Crippen LogP contribution >= 0.6 is 0 Å². The minimum Gasteiger partial charge on any atom is -0.383 e. The van der Waals surface area contributed by atoms with Crippen LogP contribution in [-0.4, -0.2) is 16.4 Å². The van der Waals surface area contributed by atoms with E-state index in [1.54, 1.807) is 6.07 Å². The maximum atomic E-state index is 12.0. The molecule has 0 saturated heterocycles. The lowest BCUT2D eigenvalue weighted by Crippen LogP contribution is -2.41. The average molecular weight is 243 g/mol. The molecule has 1 amide bonds. The molecule has 1 heterocycles. The maximum absolute atomic E-state index is 12.0. The summed E-state index contributed by atoms with van der Waals surface area (Å²) >= 11 is 0. The fourth-order valence-electron chi connectivity index (χ4n) is 1.75. The maximum Gasteiger partial charge on any atom is 0.270 e. The highest BCUT2D eigenvalue weighted by atomic mass is 16.2. The van der Waals surface area contributed by atoms with Gasteiger partial charge >= 0.3 is 0 Å². The van der Waals surface area contributed by atoms with Gasteiger partial charge in [-0.05, 0) is 32.2 Å². The van der Waals surface area contributed by atoms with Gasteiger partial charge in [-0.3, -0.25) is 4.79 Å². The average Bonchev–Trinajstić information content (AvgIpc) is 2.26. The molecular weight excluding hydrogens is 226 g/mol. The number of aromatic nitrogens is 1. The summed E-state index contributed by atoms with van der Waals surface area (Å²) in [6.45, 7) is 5.78. The van der Waals surface area contributed by atoms with E-state index in [9.17, 15) is 4.79 Å². The lowest BCUT2D eigenvalue weighted by Gasteiger charge is -2.20. The van der Waals surface area contributed by atoms with Gasteiger partial charge in [-0.15, -0.1) is 0 Å². The van der Waals surface area contributed by atoms with Crippen molar-refractivity contribution in [1.29, 1.82) is 0 Å². The van der Waals surface area contributed by atoms with Gasteiger partial charge in [0.15, 0.2) is 0 Å². The number of hydrogen-bond acceptors (Lipinski definition) is 3. The minimum atomic E-state index is -0.292. The normalized spacial score (nSPS) is 11.5. The number of carbonyl (C=O) groups is 1. The van der Waals surface area contributed by atoms with Crippen molar-refractivity contribution in [1.82, 2.24) is 10.3 Å². The molecule has 2 rings (SSSR count). The van der Waals surface area contributed by atoms with Crippen LogP contribution in [0.4, 0.5) is 5.82 Å². The largest absolute Gasteiger partial charge is 0.383 e. The van der Waals surface area contributed by atoms with Crippen molar-refractivity contribution in [3.05, 3.63) is 36.0 Å². The van der Waals surface area contributed by atoms with Crippen LogP contribution in [0.1, 0.15) is 31.3 Å². The molecule has 0 aliphatic rings. The Morgan fingerprint density at radius 3 is 2.61 bits per heavy atom. The van der Waals surface area contributed by atoms with Crippen LogP contribution in [0.25, 0.3) is 10.8 Å². The SMILES string of the molecule is CC(C)(C)NC(=O)c1cc2ccccc2c(N)n1. The number of nitrogens with one attached hydrogen (secondary N) is 1. The second kappa shape index (κ2) is 4.29. The second-order valence-corrected chi connectivity index (χ2v) is 5.32. The van der Waals surface area contributed by atoms with E-state index in [4.69, 9.17) is 5.73 Å². The molecule has 0 aliphatic carbocycles. The number of nitrogens with zero attached hydrogens (tertiary/aromatic N) is 1. The van der Waals surface area contributed by atoms with E-state index in [2.05, 4.69) is 10.3 Å². The van der Waals surface area contributed by atoms with Crippen LogP contribution in [0.15, 0.2) is 30.3 Å². The summed E-state index contributed by atoms with van der Waals surface area (Å²) in [5, 5.41) is 4.66. The van der Waals surface area contributed by atoms with Gasteiger partial charge in [-0.25, -0.2) is 4.98 Å². The number of nitrogens with two attached hydrogens (primary N) is 1. The zero-order chi connectivity index (χ0) is 13.3. The number of amides is 1. The fraction of sp³-hybridized carbons (Fsp3) is 0.286. The van der Waals surface area contributed by atoms with Crippen molar-refractivity contribution in [2.45, 2.75) is 26.3 Å². The van der Waals surface area contributed by atoms with Gasteiger partial charge in [-0.1, -0.05) is 24.3 Å². The third kappa shape index (κ3) is 2.59. The molecule has 0 bridgehead atoms. The number of pyridine rings is 1. The van der Waals surface area contributed by atoms with Gasteiger partial charge in [0.05, 0.1) is 0 Å². The monoisotopic (exact) mass is 243 g/mol. The quantitative estimate of drug-likeness (QED) is 0.807. The highest BCUT2D eigenvalue weighted by Gasteiger charge is 2.17. The van der Waals surface area contributed by atoms with Crippen molar-refractivity contribution < 1.29 is 4.79 Å². The summed E-state index contributed by atoms with van der Waals surface area (Å²) in [5.41, 5.74) is 5.92. The highest BCUT2D eigenvalue weighted by Crippen LogP contribution is 2.20. The molecule has 0 spiro atoms. The van der Waals surface area contributed by atoms with E-state index < -0.39 is 0 Å². The van der Waals surface area contributed by atoms with Crippen LogP contribution < -0.4 is 11.1 Å². The summed E-state index contributed by atoms with van der Waals surface area (Å²) in [6, 6.07) is 9.37. The highest BCUT2D eigenvalue weighted by molar-refractivity contribution is 6.00. The molecule has 94 valence electrons. The molecule has 4 heteroatoms. The predicted octanol–water partition coefficient (Wildman–Crippen LogP) is 2.35. The van der Waals surface area contributed by atoms with Crippen molar-refractivity contribution in [3.8, 4) is 0 Å². The number of benzene rings is 1. The van der Waals surface area contributed by atoms with Gasteiger partial charge in [0.1, 0.15) is 11.5 Å². The van der Waals surface area contributed by atoms with Crippen molar-refractivity contribution in [2.75, 3.05) is 5.73 Å². The molecule has 0 aliphatic heterocycles. The molecule has 4 nitrogen and oxygen atoms in total. The van der Waals surface area contributed by atoms with Gasteiger partial charge < -0.3 is 11.1 Å². The predicted molar refractivity (Wildman–Crippen MR) is 73.4 cm³/mol. The van der Waals surface area contributed by atoms with E-state index in [1.165, 1.54) is 0 Å². The van der Waals surface area contributed by atoms with Crippen LogP contribution in [0.3, 0.4) is 0 Å². The molecule has 0 saturated carbocycles. The molecular formula is C14H17N3O. The zero-order valence-corrected chi connectivity index (χ0v) is 10.8. The first-order valence-electron chi connectivity index (χ1n) is 5.84. The summed E-state index contributed by atoms with van der Waals surface area (Å²) < 4.78 is 0. The minimum absolute atomic E-state index is 0.208. The van der Waals surface area contributed by atoms with E-state index in [-0.39, 0.29) is 11.4 Å². The third-order valence-corrected chi connectivity index (χ3v) is 2.49. The first-order chi connectivity index (χ1) is 8.37. The number of nitrogen functional groups attached to an aromatic ring is 1. The van der Waals surface area contributed by atoms with Gasteiger partial charge in [0, 0.05) is 10.9 Å². The van der Waals surface area contributed by atoms with Crippen LogP contribution in [-0.2, 0) is 0 Å². The number of fused-ring (bicyclic) bond motifs is 1. The lowest BCUT2D eigenvalue weighted by atomic mass is 10.1. The number of carbonyl (C=O) groups excluding carboxylic acids is 1. The lowest BCUT2D eigenvalue weighted by molar-refractivity contribution is 0.0915. The van der Waals surface area contributed by atoms with Crippen LogP contribution in [0, 0.1) is 0 Å². The number of hydrogen-bond donors (Lipinski definition) is 2. The van der Waals surface area contributed by atoms with Crippen molar-refractivity contribution in [3.63, 3.8) is 0 Å². The molecule has 18 heavy (non-hydrogen) atoms. The van der Waals surface area contributed by atoms with E-state index in [1.807, 2.05) is 45.0 Å². The topological polar surface area (TPSA) is 68.0 Å². The van der Waals surface area contributed by atoms with Gasteiger partial charge in [0.25, 0.3) is 5.91 Å². The van der Waals surface area contributed by atoms with Gasteiger partial charge in [-0.2, -0.15) is 0 Å². The third-order valence-electron chi connectivity index (χ3n) is 2.49. The molecule has 0 atom stereocenters.